The van der Waals surface area contributed by atoms with Crippen LogP contribution in [0.15, 0.2) is 0 Å². The quantitative estimate of drug-likeness (QED) is 0.437. The average molecular weight is 304 g/mol. The summed E-state index contributed by atoms with van der Waals surface area (Å²) in [6.45, 7) is 1.55. The second-order valence-electron chi connectivity index (χ2n) is 0.808. The number of aliphatic hydroxyl groups excluding tert-OH is 1. The van der Waals surface area contributed by atoms with E-state index in [4.69, 9.17) is 10.4 Å². The second kappa shape index (κ2) is 6.74. The van der Waals surface area contributed by atoms with Gasteiger partial charge in [0.2, 0.25) is 0 Å². The number of thioether (sulfide) groups is 1. The van der Waals surface area contributed by atoms with Gasteiger partial charge in [-0.15, -0.1) is 0 Å². The van der Waals surface area contributed by atoms with Crippen LogP contribution in [0.5, 0.6) is 0 Å². The van der Waals surface area contributed by atoms with E-state index in [-0.39, 0.29) is 27.7 Å². The number of hydrogen-bond acceptors (Lipinski definition) is 3. The average Bonchev–Trinajstić information content (AvgIpc) is 1.35. The van der Waals surface area contributed by atoms with E-state index >= 15 is 0 Å². The Labute approximate surface area is 67.4 Å². The molecular weight excluding hydrogens is 299 g/mol. The van der Waals surface area contributed by atoms with Gasteiger partial charge >= 0.3 is 0 Å². The molecule has 0 bridgehead atoms. The van der Waals surface area contributed by atoms with Gasteiger partial charge in [-0.3, -0.25) is 0 Å². The summed E-state index contributed by atoms with van der Waals surface area (Å²) in [7, 11) is 0. The molecule has 1 atom stereocenters. The molecule has 4 heteroatoms. The molecule has 0 spiro atoms. The van der Waals surface area contributed by atoms with Crippen molar-refractivity contribution < 1.29 is 32.8 Å². The van der Waals surface area contributed by atoms with Gasteiger partial charge in [-0.2, -0.15) is 5.26 Å². The molecule has 0 aromatic carbocycles. The number of aliphatic hydroxyl groups is 1. The van der Waals surface area contributed by atoms with E-state index in [0.29, 0.717) is 0 Å². The van der Waals surface area contributed by atoms with Crippen LogP contribution < -0.4 is 0 Å². The van der Waals surface area contributed by atoms with Crippen LogP contribution in [0.25, 0.3) is 0 Å². The Morgan fingerprint density at radius 2 is 2.29 bits per heavy atom. The smallest absolute Gasteiger partial charge is 0.135 e. The summed E-state index contributed by atoms with van der Waals surface area (Å²) in [6, 6.07) is 0. The molecular formula is C3H5HgNOS. The van der Waals surface area contributed by atoms with Crippen molar-refractivity contribution in [3.63, 3.8) is 0 Å². The molecule has 0 radical (unpaired) electrons. The Morgan fingerprint density at radius 3 is 2.29 bits per heavy atom. The molecule has 1 N–H and O–H groups in total. The number of thiocyanates is 1. The Kier molecular flexibility index (Phi) is 10.3. The minimum atomic E-state index is -0.546. The molecule has 36 valence electrons. The number of rotatable bonds is 1. The molecule has 0 fully saturated rings. The van der Waals surface area contributed by atoms with E-state index < -0.39 is 5.44 Å². The SMILES string of the molecule is CC(O)SC#N.[Hg]. The van der Waals surface area contributed by atoms with Crippen LogP contribution in [0.2, 0.25) is 0 Å². The van der Waals surface area contributed by atoms with Gasteiger partial charge < -0.3 is 5.11 Å². The first-order chi connectivity index (χ1) is 2.77. The normalized spacial score (nSPS) is 11.0. The zero-order valence-electron chi connectivity index (χ0n) is 4.09. The van der Waals surface area contributed by atoms with Crippen LogP contribution in [-0.2, 0) is 27.7 Å². The first-order valence-corrected chi connectivity index (χ1v) is 2.38. The van der Waals surface area contributed by atoms with Crippen molar-refractivity contribution in [1.82, 2.24) is 0 Å². The van der Waals surface area contributed by atoms with E-state index in [9.17, 15) is 0 Å². The third-order valence-electron chi connectivity index (χ3n) is 0.223. The van der Waals surface area contributed by atoms with Gasteiger partial charge in [0, 0.05) is 27.7 Å². The van der Waals surface area contributed by atoms with Crippen LogP contribution in [0.1, 0.15) is 6.92 Å². The van der Waals surface area contributed by atoms with Crippen LogP contribution in [0, 0.1) is 10.7 Å². The third-order valence-corrected chi connectivity index (χ3v) is 0.670. The second-order valence-corrected chi connectivity index (χ2v) is 1.91. The topological polar surface area (TPSA) is 44.0 Å². The minimum absolute atomic E-state index is 0. The summed E-state index contributed by atoms with van der Waals surface area (Å²) in [5, 5.41) is 17.8. The largest absolute Gasteiger partial charge is 0.382 e. The van der Waals surface area contributed by atoms with Crippen molar-refractivity contribution in [3.8, 4) is 5.40 Å². The van der Waals surface area contributed by atoms with E-state index in [0.717, 1.165) is 11.8 Å². The Hall–Kier alpha value is 0.735. The van der Waals surface area contributed by atoms with Gasteiger partial charge in [-0.1, -0.05) is 0 Å². The van der Waals surface area contributed by atoms with E-state index in [1.165, 1.54) is 0 Å². The molecule has 0 heterocycles. The fourth-order valence-electron chi connectivity index (χ4n) is 0.0763. The van der Waals surface area contributed by atoms with Gasteiger partial charge in [0.1, 0.15) is 10.8 Å². The summed E-state index contributed by atoms with van der Waals surface area (Å²) in [5.74, 6) is 0. The first-order valence-electron chi connectivity index (χ1n) is 1.50. The molecule has 7 heavy (non-hydrogen) atoms. The van der Waals surface area contributed by atoms with Crippen molar-refractivity contribution in [3.05, 3.63) is 0 Å². The van der Waals surface area contributed by atoms with Crippen molar-refractivity contribution in [2.75, 3.05) is 0 Å². The fourth-order valence-corrected chi connectivity index (χ4v) is 0.229. The summed E-state index contributed by atoms with van der Waals surface area (Å²) in [5.41, 5.74) is -0.546. The summed E-state index contributed by atoms with van der Waals surface area (Å²) < 4.78 is 0. The summed E-state index contributed by atoms with van der Waals surface area (Å²) in [6.07, 6.45) is 0. The van der Waals surface area contributed by atoms with Crippen molar-refractivity contribution in [2.24, 2.45) is 0 Å². The summed E-state index contributed by atoms with van der Waals surface area (Å²) in [4.78, 5) is 0. The van der Waals surface area contributed by atoms with Crippen molar-refractivity contribution in [1.29, 1.82) is 5.26 Å². The molecule has 0 aromatic heterocycles. The molecule has 0 aliphatic rings. The predicted octanol–water partition coefficient (Wildman–Crippen LogP) is 0.536. The molecule has 0 saturated heterocycles. The Morgan fingerprint density at radius 1 is 1.86 bits per heavy atom. The number of nitriles is 1. The minimum Gasteiger partial charge on any atom is -0.382 e. The van der Waals surface area contributed by atoms with Gasteiger partial charge in [0.05, 0.1) is 0 Å². The molecule has 2 nitrogen and oxygen atoms in total. The van der Waals surface area contributed by atoms with Gasteiger partial charge in [-0.05, 0) is 18.7 Å². The molecule has 0 saturated carbocycles. The van der Waals surface area contributed by atoms with Crippen LogP contribution in [-0.4, -0.2) is 10.5 Å². The molecule has 1 unspecified atom stereocenters. The Balaban J connectivity index is 0. The number of hydrogen-bond donors (Lipinski definition) is 1. The van der Waals surface area contributed by atoms with Crippen molar-refractivity contribution in [2.45, 2.75) is 12.4 Å². The standard InChI is InChI=1S/C3H5NOS.Hg/c1-3(5)6-2-4;/h3,5H,1H3;. The third kappa shape index (κ3) is 10.8. The maximum Gasteiger partial charge on any atom is 0.135 e. The van der Waals surface area contributed by atoms with E-state index in [1.54, 1.807) is 12.3 Å². The predicted molar refractivity (Wildman–Crippen MR) is 24.9 cm³/mol. The van der Waals surface area contributed by atoms with Crippen molar-refractivity contribution >= 4 is 11.8 Å². The van der Waals surface area contributed by atoms with Crippen LogP contribution >= 0.6 is 11.8 Å². The molecule has 0 aliphatic carbocycles. The van der Waals surface area contributed by atoms with Gasteiger partial charge in [0.15, 0.2) is 0 Å². The molecule has 0 aliphatic heterocycles. The molecule has 0 aromatic rings. The van der Waals surface area contributed by atoms with E-state index in [2.05, 4.69) is 0 Å². The van der Waals surface area contributed by atoms with Gasteiger partial charge in [0.25, 0.3) is 0 Å². The fraction of sp³-hybridized carbons (Fsp3) is 0.667. The molecule has 0 amide bonds. The maximum atomic E-state index is 8.29. The van der Waals surface area contributed by atoms with E-state index in [1.807, 2.05) is 0 Å². The van der Waals surface area contributed by atoms with Gasteiger partial charge in [-0.25, -0.2) is 0 Å². The monoisotopic (exact) mass is 305 g/mol. The first kappa shape index (κ1) is 10.7. The maximum absolute atomic E-state index is 8.29. The van der Waals surface area contributed by atoms with Crippen LogP contribution in [0.4, 0.5) is 0 Å². The zero-order chi connectivity index (χ0) is 4.99. The summed E-state index contributed by atoms with van der Waals surface area (Å²) >= 11 is 0.847. The van der Waals surface area contributed by atoms with Crippen LogP contribution in [0.3, 0.4) is 0 Å². The number of nitrogens with zero attached hydrogens (tertiary/aromatic N) is 1. The Bertz CT molecular complexity index is 69.8. The molecule has 0 rings (SSSR count). The zero-order valence-corrected chi connectivity index (χ0v) is 10.4.